The minimum Gasteiger partial charge on any atom is -0.356 e. The normalized spacial score (nSPS) is 19.8. The predicted molar refractivity (Wildman–Crippen MR) is 616 cm³/mol. The number of ketones is 2. The van der Waals surface area contributed by atoms with Crippen LogP contribution in [-0.4, -0.2) is 123 Å². The zero-order valence-corrected chi connectivity index (χ0v) is 89.6. The topological polar surface area (TPSA) is 215 Å². The molecule has 16 heteroatoms. The molecule has 8 amide bonds. The summed E-state index contributed by atoms with van der Waals surface area (Å²) in [5.41, 5.74) is 0. The van der Waals surface area contributed by atoms with Crippen LogP contribution in [0.3, 0.4) is 0 Å². The van der Waals surface area contributed by atoms with Gasteiger partial charge in [0, 0.05) is 149 Å². The maximum Gasteiger partial charge on any atom is 0.317 e. The molecule has 0 aromatic rings. The van der Waals surface area contributed by atoms with E-state index in [2.05, 4.69) is 179 Å². The SMILES string of the molecule is C#CC#CC#CC#CC1C(CCCCCCCCNC(=O)CCCCC(=O)CCCN2CCNC2=O)C=CC(CCCCCC)C1CCCCCCCCNC(=O)CCCCCCCC1C(CCCCCC)C=CC(CCCCCCCC(=O)NCCCCCCCCC2C=CC(CCCCCC)C(CCCCCCCCNC(=O)CCCCC(=O)CCCN3CCNC3=O)C2C#CC#CC#CC#C)C1C.[HH].[HH].[HH].[HH].[HH].[HH].[HH].[HH].[HH].[HH].[HH].[HH].[HH].[HH]. The van der Waals surface area contributed by atoms with E-state index < -0.39 is 0 Å². The molecule has 0 spiro atoms. The maximum atomic E-state index is 13.0. The summed E-state index contributed by atoms with van der Waals surface area (Å²) in [6.45, 7) is 16.4. The Morgan fingerprint density at radius 1 is 0.291 bits per heavy atom. The molecule has 0 aromatic carbocycles. The third kappa shape index (κ3) is 60.7. The van der Waals surface area contributed by atoms with E-state index in [9.17, 15) is 38.4 Å². The first-order valence-electron chi connectivity index (χ1n) is 58.3. The smallest absolute Gasteiger partial charge is 0.317 e. The average Bonchev–Trinajstić information content (AvgIpc) is 0.931. The van der Waals surface area contributed by atoms with Gasteiger partial charge in [-0.3, -0.25) is 28.8 Å². The van der Waals surface area contributed by atoms with Crippen molar-refractivity contribution in [3.05, 3.63) is 36.5 Å². The van der Waals surface area contributed by atoms with Gasteiger partial charge in [0.25, 0.3) is 0 Å². The molecular formula is C125H224N8O8. The van der Waals surface area contributed by atoms with Crippen LogP contribution in [0, 0.1) is 167 Å². The van der Waals surface area contributed by atoms with E-state index in [4.69, 9.17) is 12.8 Å². The Kier molecular flexibility index (Phi) is 73.9. The van der Waals surface area contributed by atoms with Crippen LogP contribution in [0.1, 0.15) is 491 Å². The number of hydrogen-bond donors (Lipinski definition) is 6. The number of nitrogens with zero attached hydrogens (tertiary/aromatic N) is 2. The molecule has 5 aliphatic rings. The molecule has 2 saturated heterocycles. The van der Waals surface area contributed by atoms with Crippen LogP contribution >= 0.6 is 0 Å². The highest BCUT2D eigenvalue weighted by Gasteiger charge is 2.38. The van der Waals surface area contributed by atoms with Crippen molar-refractivity contribution >= 4 is 47.3 Å². The first-order chi connectivity index (χ1) is 69.2. The van der Waals surface area contributed by atoms with Crippen molar-refractivity contribution < 1.29 is 58.3 Å². The fraction of sp³-hybridized carbons (Fsp3) is 0.760. The van der Waals surface area contributed by atoms with Crippen LogP contribution in [0.5, 0.6) is 0 Å². The number of unbranched alkanes of at least 4 members (excludes halogenated alkanes) is 39. The monoisotopic (exact) mass is 1970 g/mol. The van der Waals surface area contributed by atoms with Crippen molar-refractivity contribution in [1.82, 2.24) is 41.7 Å². The molecule has 5 rings (SSSR count). The number of Topliss-reactive ketones (excluding diaryl/α,β-unsaturated/α-hetero) is 2. The summed E-state index contributed by atoms with van der Waals surface area (Å²) in [5.74, 6) is 48.3. The van der Waals surface area contributed by atoms with Gasteiger partial charge >= 0.3 is 12.1 Å². The minimum atomic E-state index is -0.0392. The zero-order chi connectivity index (χ0) is 101. The summed E-state index contributed by atoms with van der Waals surface area (Å²) in [4.78, 5) is 103. The molecule has 2 aliphatic heterocycles. The Balaban J connectivity index is -0.00000188. The quantitative estimate of drug-likeness (QED) is 0.0195. The molecule has 0 aromatic heterocycles. The zero-order valence-electron chi connectivity index (χ0n) is 89.6. The van der Waals surface area contributed by atoms with Gasteiger partial charge in [-0.1, -0.05) is 333 Å². The van der Waals surface area contributed by atoms with E-state index in [1.54, 1.807) is 9.80 Å². The number of hydrogen-bond acceptors (Lipinski definition) is 8. The van der Waals surface area contributed by atoms with Crippen molar-refractivity contribution in [3.8, 4) is 95.7 Å². The van der Waals surface area contributed by atoms with Crippen molar-refractivity contribution in [1.29, 1.82) is 0 Å². The molecule has 0 radical (unpaired) electrons. The molecule has 0 bridgehead atoms. The van der Waals surface area contributed by atoms with Gasteiger partial charge in [0.2, 0.25) is 23.6 Å². The third-order valence-corrected chi connectivity index (χ3v) is 30.9. The molecule has 12 atom stereocenters. The summed E-state index contributed by atoms with van der Waals surface area (Å²) in [6, 6.07) is -0.0781. The van der Waals surface area contributed by atoms with Crippen molar-refractivity contribution in [2.75, 3.05) is 65.4 Å². The Morgan fingerprint density at radius 3 is 0.858 bits per heavy atom. The number of amides is 8. The Hall–Kier alpha value is -8.54. The van der Waals surface area contributed by atoms with Crippen LogP contribution in [0.4, 0.5) is 9.59 Å². The lowest BCUT2D eigenvalue weighted by atomic mass is 9.66. The molecule has 2 heterocycles. The molecule has 2 fully saturated rings. The predicted octanol–water partition coefficient (Wildman–Crippen LogP) is 30.5. The van der Waals surface area contributed by atoms with Crippen molar-refractivity contribution in [3.63, 3.8) is 0 Å². The highest BCUT2D eigenvalue weighted by Crippen LogP contribution is 2.45. The molecule has 6 N–H and O–H groups in total. The summed E-state index contributed by atoms with van der Waals surface area (Å²) in [7, 11) is 0. The second kappa shape index (κ2) is 84.8. The second-order valence-electron chi connectivity index (χ2n) is 42.2. The summed E-state index contributed by atoms with van der Waals surface area (Å²) in [5, 5.41) is 18.3. The second-order valence-corrected chi connectivity index (χ2v) is 42.2. The van der Waals surface area contributed by atoms with Crippen molar-refractivity contribution in [2.24, 2.45) is 71.0 Å². The lowest BCUT2D eigenvalue weighted by Gasteiger charge is -2.38. The van der Waals surface area contributed by atoms with E-state index >= 15 is 0 Å². The number of terminal acetylenes is 2. The van der Waals surface area contributed by atoms with E-state index in [1.165, 1.54) is 257 Å². The van der Waals surface area contributed by atoms with E-state index in [0.29, 0.717) is 170 Å². The standard InChI is InChI=1S/C125H196N8O8.14H2/c1-7-12-17-22-37-55-82-118-111(94-92-110(74-50-21-16-11-5)117(118)85-58-40-27-31-47-68-99-129-123(139)89-64-62-78-114(135)80-70-103-133-105-101-131-125(133)141)75-52-34-24-28-44-65-96-126-120(136)86-59-42-32-36-51-71-107-90-91-108(72-48-19-14-9-3)115(106(107)6)81-54-41-33-43-60-87-121(137)127-97-67-46-30-26-39-57-84-116-109(73-49-20-15-10-4)93-95-112(119(116)83-56-38-23-18-13-8-2)76-53-35-25-29-45-66-98-128-122(138)88-63-61-77-113(134)79-69-102-132-104-100-130-124(132)140;;;;;;;;;;;;;;/h1-2,90-95,106-112,115-119H,9-11,14-16,19-21,24-36,39-54,57-81,84-89,96-105H2,3-6H3,(H,126,136)(H,127,137)(H,128,138)(H,129,139)(H,130,140)(H,131,141);14*1H. The molecule has 141 heavy (non-hydrogen) atoms. The average molecular weight is 1970 g/mol. The van der Waals surface area contributed by atoms with Gasteiger partial charge in [-0.25, -0.2) is 9.59 Å². The van der Waals surface area contributed by atoms with E-state index in [0.717, 1.165) is 141 Å². The molecule has 12 unspecified atom stereocenters. The molecule has 3 aliphatic carbocycles. The third-order valence-electron chi connectivity index (χ3n) is 30.9. The minimum absolute atomic E-state index is 0. The van der Waals surface area contributed by atoms with Gasteiger partial charge in [-0.2, -0.15) is 0 Å². The first-order valence-corrected chi connectivity index (χ1v) is 58.3. The summed E-state index contributed by atoms with van der Waals surface area (Å²) in [6.07, 6.45) is 100. The maximum absolute atomic E-state index is 13.0. The van der Waals surface area contributed by atoms with Gasteiger partial charge in [-0.15, -0.1) is 12.8 Å². The van der Waals surface area contributed by atoms with E-state index in [1.807, 2.05) is 0 Å². The van der Waals surface area contributed by atoms with Crippen LogP contribution in [-0.2, 0) is 28.8 Å². The van der Waals surface area contributed by atoms with Crippen LogP contribution in [0.2, 0.25) is 0 Å². The largest absolute Gasteiger partial charge is 0.356 e. The molecular weight excluding hydrogens is 1740 g/mol. The number of rotatable bonds is 85. The Bertz CT molecular complexity index is 4100. The fourth-order valence-electron chi connectivity index (χ4n) is 22.4. The van der Waals surface area contributed by atoms with Gasteiger partial charge in [-0.05, 0) is 265 Å². The van der Waals surface area contributed by atoms with Gasteiger partial charge in [0.15, 0.2) is 0 Å². The number of carbonyl (C=O) groups is 8. The fourth-order valence-corrected chi connectivity index (χ4v) is 22.4. The summed E-state index contributed by atoms with van der Waals surface area (Å²) >= 11 is 0. The number of nitrogens with one attached hydrogen (secondary N) is 6. The number of carbonyl (C=O) groups excluding carboxylic acids is 8. The highest BCUT2D eigenvalue weighted by molar-refractivity contribution is 5.80. The Labute approximate surface area is 882 Å². The number of urea groups is 2. The highest BCUT2D eigenvalue weighted by atomic mass is 16.2. The molecule has 16 nitrogen and oxygen atoms in total. The van der Waals surface area contributed by atoms with Crippen LogP contribution in [0.25, 0.3) is 0 Å². The van der Waals surface area contributed by atoms with Crippen LogP contribution < -0.4 is 31.9 Å². The Morgan fingerprint density at radius 2 is 0.532 bits per heavy atom. The molecule has 812 valence electrons. The van der Waals surface area contributed by atoms with Gasteiger partial charge < -0.3 is 41.7 Å². The van der Waals surface area contributed by atoms with Crippen molar-refractivity contribution in [2.45, 2.75) is 471 Å². The van der Waals surface area contributed by atoms with E-state index in [-0.39, 0.29) is 79.1 Å². The summed E-state index contributed by atoms with van der Waals surface area (Å²) < 4.78 is 0. The lowest BCUT2D eigenvalue weighted by molar-refractivity contribution is -0.122. The lowest BCUT2D eigenvalue weighted by Crippen LogP contribution is -2.31. The number of allylic oxidation sites excluding steroid dienone is 6. The van der Waals surface area contributed by atoms with Gasteiger partial charge in [0.05, 0.1) is 0 Å². The van der Waals surface area contributed by atoms with Crippen LogP contribution in [0.15, 0.2) is 36.5 Å². The van der Waals surface area contributed by atoms with Gasteiger partial charge in [0.1, 0.15) is 11.6 Å². The first kappa shape index (κ1) is 123. The molecule has 0 saturated carbocycles.